The molecule has 2 aromatic heterocycles. The molecule has 1 amide bonds. The lowest BCUT2D eigenvalue weighted by Gasteiger charge is -2.11. The molecule has 2 heterocycles. The van der Waals surface area contributed by atoms with Crippen LogP contribution in [0.3, 0.4) is 0 Å². The average molecular weight is 419 g/mol. The Morgan fingerprint density at radius 1 is 1.03 bits per heavy atom. The summed E-state index contributed by atoms with van der Waals surface area (Å²) in [7, 11) is 0. The predicted molar refractivity (Wildman–Crippen MR) is 123 cm³/mol. The first-order chi connectivity index (χ1) is 14.2. The highest BCUT2D eigenvalue weighted by Crippen LogP contribution is 2.46. The summed E-state index contributed by atoms with van der Waals surface area (Å²) in [5.41, 5.74) is 5.82. The van der Waals surface area contributed by atoms with Crippen molar-refractivity contribution >= 4 is 43.8 Å². The number of thiophene rings is 1. The van der Waals surface area contributed by atoms with Gasteiger partial charge >= 0.3 is 0 Å². The van der Waals surface area contributed by atoms with E-state index in [0.29, 0.717) is 6.42 Å². The van der Waals surface area contributed by atoms with Crippen molar-refractivity contribution in [1.82, 2.24) is 4.98 Å². The van der Waals surface area contributed by atoms with Crippen molar-refractivity contribution in [2.24, 2.45) is 0 Å². The minimum atomic E-state index is 0.0369. The molecule has 0 saturated carbocycles. The van der Waals surface area contributed by atoms with Crippen molar-refractivity contribution < 1.29 is 4.79 Å². The summed E-state index contributed by atoms with van der Waals surface area (Å²) < 4.78 is 1.19. The summed E-state index contributed by atoms with van der Waals surface area (Å²) >= 11 is 3.46. The summed E-state index contributed by atoms with van der Waals surface area (Å²) in [6.07, 6.45) is 5.00. The van der Waals surface area contributed by atoms with Gasteiger partial charge in [0, 0.05) is 10.4 Å². The number of amides is 1. The molecule has 3 nitrogen and oxygen atoms in total. The van der Waals surface area contributed by atoms with Gasteiger partial charge in [-0.3, -0.25) is 4.79 Å². The quantitative estimate of drug-likeness (QED) is 0.417. The number of aryl methyl sites for hydroxylation is 2. The van der Waals surface area contributed by atoms with E-state index >= 15 is 0 Å². The van der Waals surface area contributed by atoms with E-state index in [1.54, 1.807) is 22.7 Å². The van der Waals surface area contributed by atoms with Crippen molar-refractivity contribution in [3.8, 4) is 10.6 Å². The SMILES string of the molecule is Cc1ccc(CC(=O)Nc2sc3c(c2-c2nc4ccccc4s2)CCCC3)cc1. The van der Waals surface area contributed by atoms with E-state index in [0.717, 1.165) is 39.5 Å². The zero-order valence-electron chi connectivity index (χ0n) is 16.3. The lowest BCUT2D eigenvalue weighted by molar-refractivity contribution is -0.115. The molecular formula is C24H22N2OS2. The second kappa shape index (κ2) is 7.73. The standard InChI is InChI=1S/C24H22N2OS2/c1-15-10-12-16(13-11-15)14-21(27)26-24-22(17-6-2-4-8-19(17)28-24)23-25-18-7-3-5-9-20(18)29-23/h3,5,7,9-13H,2,4,6,8,14H2,1H3,(H,26,27). The fourth-order valence-corrected chi connectivity index (χ4v) is 6.34. The maximum Gasteiger partial charge on any atom is 0.229 e. The topological polar surface area (TPSA) is 42.0 Å². The van der Waals surface area contributed by atoms with Crippen LogP contribution in [0.25, 0.3) is 20.8 Å². The van der Waals surface area contributed by atoms with Gasteiger partial charge in [-0.2, -0.15) is 0 Å². The highest BCUT2D eigenvalue weighted by molar-refractivity contribution is 7.22. The van der Waals surface area contributed by atoms with Crippen LogP contribution in [0.2, 0.25) is 0 Å². The summed E-state index contributed by atoms with van der Waals surface area (Å²) in [5, 5.41) is 5.21. The van der Waals surface area contributed by atoms with Crippen molar-refractivity contribution in [2.75, 3.05) is 5.32 Å². The minimum absolute atomic E-state index is 0.0369. The van der Waals surface area contributed by atoms with E-state index in [4.69, 9.17) is 4.98 Å². The lowest BCUT2D eigenvalue weighted by atomic mass is 9.95. The molecule has 0 aliphatic heterocycles. The van der Waals surface area contributed by atoms with E-state index in [1.807, 2.05) is 18.2 Å². The molecular weight excluding hydrogens is 396 g/mol. The number of aromatic nitrogens is 1. The number of fused-ring (bicyclic) bond motifs is 2. The minimum Gasteiger partial charge on any atom is -0.317 e. The van der Waals surface area contributed by atoms with Gasteiger partial charge in [-0.05, 0) is 55.9 Å². The molecule has 2 aromatic carbocycles. The molecule has 0 atom stereocenters. The molecule has 1 N–H and O–H groups in total. The molecule has 0 radical (unpaired) electrons. The highest BCUT2D eigenvalue weighted by atomic mass is 32.1. The maximum absolute atomic E-state index is 12.8. The molecule has 0 fully saturated rings. The van der Waals surface area contributed by atoms with Gasteiger partial charge in [0.05, 0.1) is 16.6 Å². The van der Waals surface area contributed by atoms with Crippen LogP contribution in [0.15, 0.2) is 48.5 Å². The van der Waals surface area contributed by atoms with Gasteiger partial charge < -0.3 is 5.32 Å². The number of para-hydroxylation sites is 1. The Bertz CT molecular complexity index is 1150. The first kappa shape index (κ1) is 18.5. The van der Waals surface area contributed by atoms with Crippen LogP contribution in [0, 0.1) is 6.92 Å². The molecule has 0 saturated heterocycles. The van der Waals surface area contributed by atoms with Crippen molar-refractivity contribution in [3.05, 3.63) is 70.1 Å². The molecule has 0 bridgehead atoms. The number of nitrogens with zero attached hydrogens (tertiary/aromatic N) is 1. The normalized spacial score (nSPS) is 13.4. The number of thiazole rings is 1. The van der Waals surface area contributed by atoms with Gasteiger partial charge in [-0.1, -0.05) is 42.0 Å². The van der Waals surface area contributed by atoms with Crippen LogP contribution in [-0.2, 0) is 24.1 Å². The van der Waals surface area contributed by atoms with Crippen molar-refractivity contribution in [3.63, 3.8) is 0 Å². The molecule has 5 rings (SSSR count). The summed E-state index contributed by atoms with van der Waals surface area (Å²) in [6.45, 7) is 2.06. The van der Waals surface area contributed by atoms with Crippen LogP contribution in [-0.4, -0.2) is 10.9 Å². The number of anilines is 1. The number of benzene rings is 2. The van der Waals surface area contributed by atoms with Crippen LogP contribution in [0.5, 0.6) is 0 Å². The summed E-state index contributed by atoms with van der Waals surface area (Å²) in [4.78, 5) is 19.1. The zero-order chi connectivity index (χ0) is 19.8. The number of hydrogen-bond acceptors (Lipinski definition) is 4. The Morgan fingerprint density at radius 3 is 2.66 bits per heavy atom. The fraction of sp³-hybridized carbons (Fsp3) is 0.250. The lowest BCUT2D eigenvalue weighted by Crippen LogP contribution is -2.14. The van der Waals surface area contributed by atoms with Crippen molar-refractivity contribution in [2.45, 2.75) is 39.0 Å². The van der Waals surface area contributed by atoms with E-state index < -0.39 is 0 Å². The van der Waals surface area contributed by atoms with E-state index in [-0.39, 0.29) is 5.91 Å². The molecule has 5 heteroatoms. The summed E-state index contributed by atoms with van der Waals surface area (Å²) in [5.74, 6) is 0.0369. The molecule has 29 heavy (non-hydrogen) atoms. The number of carbonyl (C=O) groups excluding carboxylic acids is 1. The number of nitrogens with one attached hydrogen (secondary N) is 1. The maximum atomic E-state index is 12.8. The predicted octanol–water partition coefficient (Wildman–Crippen LogP) is 6.39. The second-order valence-corrected chi connectivity index (χ2v) is 9.75. The van der Waals surface area contributed by atoms with E-state index in [2.05, 4.69) is 42.6 Å². The molecule has 4 aromatic rings. The van der Waals surface area contributed by atoms with Gasteiger partial charge in [0.2, 0.25) is 5.91 Å². The van der Waals surface area contributed by atoms with Gasteiger partial charge in [-0.25, -0.2) is 4.98 Å². The zero-order valence-corrected chi connectivity index (χ0v) is 18.0. The van der Waals surface area contributed by atoms with Crippen molar-refractivity contribution in [1.29, 1.82) is 0 Å². The molecule has 146 valence electrons. The summed E-state index contributed by atoms with van der Waals surface area (Å²) in [6, 6.07) is 16.4. The second-order valence-electron chi connectivity index (χ2n) is 7.61. The van der Waals surface area contributed by atoms with Gasteiger partial charge in [-0.15, -0.1) is 22.7 Å². The van der Waals surface area contributed by atoms with Crippen LogP contribution < -0.4 is 5.32 Å². The Labute approximate surface area is 178 Å². The molecule has 1 aliphatic carbocycles. The van der Waals surface area contributed by atoms with E-state index in [9.17, 15) is 4.79 Å². The third-order valence-corrected chi connectivity index (χ3v) is 7.68. The molecule has 1 aliphatic rings. The van der Waals surface area contributed by atoms with E-state index in [1.165, 1.54) is 33.5 Å². The Morgan fingerprint density at radius 2 is 1.83 bits per heavy atom. The van der Waals surface area contributed by atoms with Gasteiger partial charge in [0.25, 0.3) is 0 Å². The molecule has 0 unspecified atom stereocenters. The molecule has 0 spiro atoms. The average Bonchev–Trinajstić information content (AvgIpc) is 3.30. The van der Waals surface area contributed by atoms with Crippen LogP contribution in [0.4, 0.5) is 5.00 Å². The Hall–Kier alpha value is -2.50. The van der Waals surface area contributed by atoms with Crippen LogP contribution in [0.1, 0.15) is 34.4 Å². The third kappa shape index (κ3) is 3.72. The number of carbonyl (C=O) groups is 1. The van der Waals surface area contributed by atoms with Crippen LogP contribution >= 0.6 is 22.7 Å². The largest absolute Gasteiger partial charge is 0.317 e. The third-order valence-electron chi connectivity index (χ3n) is 5.42. The monoisotopic (exact) mass is 418 g/mol. The smallest absolute Gasteiger partial charge is 0.229 e. The van der Waals surface area contributed by atoms with Gasteiger partial charge in [0.1, 0.15) is 10.0 Å². The highest BCUT2D eigenvalue weighted by Gasteiger charge is 2.25. The number of rotatable bonds is 4. The fourth-order valence-electron chi connectivity index (χ4n) is 3.92. The first-order valence-corrected chi connectivity index (χ1v) is 11.7. The van der Waals surface area contributed by atoms with Gasteiger partial charge in [0.15, 0.2) is 0 Å². The first-order valence-electron chi connectivity index (χ1n) is 10.0. The Balaban J connectivity index is 1.50. The Kier molecular flexibility index (Phi) is 4.94. The number of hydrogen-bond donors (Lipinski definition) is 1.